The van der Waals surface area contributed by atoms with Crippen LogP contribution in [0.3, 0.4) is 0 Å². The van der Waals surface area contributed by atoms with Crippen molar-refractivity contribution in [1.82, 2.24) is 24.6 Å². The Kier molecular flexibility index (Phi) is 3.78. The Labute approximate surface area is 119 Å². The van der Waals surface area contributed by atoms with Gasteiger partial charge in [-0.2, -0.15) is 5.10 Å². The summed E-state index contributed by atoms with van der Waals surface area (Å²) in [5.74, 6) is 0. The van der Waals surface area contributed by atoms with Gasteiger partial charge in [-0.15, -0.1) is 0 Å². The minimum absolute atomic E-state index is 0.409. The van der Waals surface area contributed by atoms with E-state index in [4.69, 9.17) is 0 Å². The number of piperidine rings is 1. The Bertz CT molecular complexity index is 563. The minimum atomic E-state index is 0.409. The first kappa shape index (κ1) is 13.2. The van der Waals surface area contributed by atoms with Crippen molar-refractivity contribution in [3.63, 3.8) is 0 Å². The average molecular weight is 271 g/mol. The molecule has 0 saturated carbocycles. The Balaban J connectivity index is 1.81. The van der Waals surface area contributed by atoms with Crippen LogP contribution in [0.4, 0.5) is 0 Å². The lowest BCUT2D eigenvalue weighted by atomic mass is 9.98. The minimum Gasteiger partial charge on any atom is -0.290 e. The number of rotatable bonds is 3. The molecule has 0 aliphatic carbocycles. The van der Waals surface area contributed by atoms with Gasteiger partial charge in [-0.1, -0.05) is 6.42 Å². The highest BCUT2D eigenvalue weighted by atomic mass is 15.3. The van der Waals surface area contributed by atoms with Crippen molar-refractivity contribution in [3.05, 3.63) is 41.7 Å². The molecule has 3 rings (SSSR count). The van der Waals surface area contributed by atoms with E-state index < -0.39 is 0 Å². The van der Waals surface area contributed by atoms with E-state index in [0.717, 1.165) is 18.8 Å². The first-order valence-electron chi connectivity index (χ1n) is 7.23. The van der Waals surface area contributed by atoms with Gasteiger partial charge in [0.05, 0.1) is 17.9 Å². The maximum Gasteiger partial charge on any atom is 0.115 e. The Morgan fingerprint density at radius 1 is 1.35 bits per heavy atom. The second-order valence-corrected chi connectivity index (χ2v) is 5.50. The summed E-state index contributed by atoms with van der Waals surface area (Å²) in [4.78, 5) is 11.0. The molecule has 0 N–H and O–H groups in total. The molecular formula is C15H21N5. The number of aromatic nitrogens is 4. The summed E-state index contributed by atoms with van der Waals surface area (Å²) >= 11 is 0. The van der Waals surface area contributed by atoms with Crippen molar-refractivity contribution in [2.24, 2.45) is 7.05 Å². The molecule has 0 radical (unpaired) electrons. The molecule has 0 aromatic carbocycles. The van der Waals surface area contributed by atoms with Crippen molar-refractivity contribution in [3.8, 4) is 0 Å². The molecule has 5 heteroatoms. The quantitative estimate of drug-likeness (QED) is 0.859. The number of nitrogens with zero attached hydrogens (tertiary/aromatic N) is 5. The summed E-state index contributed by atoms with van der Waals surface area (Å²) in [6, 6.07) is 2.45. The Morgan fingerprint density at radius 2 is 2.25 bits per heavy atom. The van der Waals surface area contributed by atoms with Gasteiger partial charge in [-0.3, -0.25) is 9.58 Å². The molecule has 106 valence electrons. The topological polar surface area (TPSA) is 46.8 Å². The van der Waals surface area contributed by atoms with Crippen molar-refractivity contribution in [1.29, 1.82) is 0 Å². The largest absolute Gasteiger partial charge is 0.290 e. The third-order valence-corrected chi connectivity index (χ3v) is 4.27. The fraction of sp³-hybridized carbons (Fsp3) is 0.533. The van der Waals surface area contributed by atoms with E-state index >= 15 is 0 Å². The maximum atomic E-state index is 4.45. The van der Waals surface area contributed by atoms with E-state index in [1.807, 2.05) is 30.2 Å². The highest BCUT2D eigenvalue weighted by molar-refractivity contribution is 5.17. The van der Waals surface area contributed by atoms with Crippen molar-refractivity contribution >= 4 is 0 Å². The molecule has 3 heterocycles. The van der Waals surface area contributed by atoms with E-state index in [1.54, 1.807) is 6.33 Å². The molecule has 0 amide bonds. The lowest BCUT2D eigenvalue weighted by Crippen LogP contribution is -2.33. The molecule has 1 fully saturated rings. The van der Waals surface area contributed by atoms with Gasteiger partial charge < -0.3 is 0 Å². The number of likely N-dealkylation sites (tertiary alicyclic amines) is 1. The molecule has 2 aromatic heterocycles. The van der Waals surface area contributed by atoms with Crippen LogP contribution in [-0.4, -0.2) is 31.2 Å². The van der Waals surface area contributed by atoms with Crippen LogP contribution in [0.25, 0.3) is 0 Å². The van der Waals surface area contributed by atoms with Gasteiger partial charge >= 0.3 is 0 Å². The first-order valence-corrected chi connectivity index (χ1v) is 7.23. The summed E-state index contributed by atoms with van der Waals surface area (Å²) in [6.45, 7) is 4.21. The zero-order valence-corrected chi connectivity index (χ0v) is 12.2. The summed E-state index contributed by atoms with van der Waals surface area (Å²) < 4.78 is 1.94. The predicted octanol–water partition coefficient (Wildman–Crippen LogP) is 2.25. The van der Waals surface area contributed by atoms with Gasteiger partial charge in [0.15, 0.2) is 0 Å². The van der Waals surface area contributed by atoms with Crippen LogP contribution < -0.4 is 0 Å². The van der Waals surface area contributed by atoms with Crippen LogP contribution >= 0.6 is 0 Å². The van der Waals surface area contributed by atoms with Crippen molar-refractivity contribution < 1.29 is 0 Å². The molecule has 0 bridgehead atoms. The van der Waals surface area contributed by atoms with Gasteiger partial charge in [0, 0.05) is 31.0 Å². The maximum absolute atomic E-state index is 4.45. The number of hydrogen-bond donors (Lipinski definition) is 0. The van der Waals surface area contributed by atoms with Crippen LogP contribution in [0.15, 0.2) is 24.8 Å². The third kappa shape index (κ3) is 2.58. The average Bonchev–Trinajstić information content (AvgIpc) is 2.81. The third-order valence-electron chi connectivity index (χ3n) is 4.27. The van der Waals surface area contributed by atoms with E-state index in [0.29, 0.717) is 6.04 Å². The van der Waals surface area contributed by atoms with Crippen LogP contribution in [0.2, 0.25) is 0 Å². The standard InChI is InChI=1S/C15H21N5/c1-12-13(9-18-19(12)2)10-20-8-4-3-5-15(20)14-6-7-16-11-17-14/h6-7,9,11,15H,3-5,8,10H2,1-2H3/t15-/m1/s1. The fourth-order valence-corrected chi connectivity index (χ4v) is 2.93. The van der Waals surface area contributed by atoms with Crippen LogP contribution in [0, 0.1) is 6.92 Å². The monoisotopic (exact) mass is 271 g/mol. The molecule has 0 unspecified atom stereocenters. The smallest absolute Gasteiger partial charge is 0.115 e. The Morgan fingerprint density at radius 3 is 2.95 bits per heavy atom. The lowest BCUT2D eigenvalue weighted by molar-refractivity contribution is 0.137. The van der Waals surface area contributed by atoms with Crippen LogP contribution in [0.1, 0.15) is 42.3 Å². The molecule has 1 aliphatic heterocycles. The van der Waals surface area contributed by atoms with Crippen molar-refractivity contribution in [2.45, 2.75) is 38.8 Å². The molecule has 1 aliphatic rings. The highest BCUT2D eigenvalue weighted by Gasteiger charge is 2.25. The molecule has 1 atom stereocenters. The summed E-state index contributed by atoms with van der Waals surface area (Å²) in [6.07, 6.45) is 9.19. The van der Waals surface area contributed by atoms with E-state index in [1.165, 1.54) is 30.5 Å². The molecule has 2 aromatic rings. The van der Waals surface area contributed by atoms with Gasteiger partial charge in [-0.25, -0.2) is 9.97 Å². The van der Waals surface area contributed by atoms with Crippen LogP contribution in [-0.2, 0) is 13.6 Å². The van der Waals surface area contributed by atoms with Gasteiger partial charge in [0.1, 0.15) is 6.33 Å². The molecule has 20 heavy (non-hydrogen) atoms. The summed E-state index contributed by atoms with van der Waals surface area (Å²) in [7, 11) is 2.00. The number of aryl methyl sites for hydroxylation is 1. The number of hydrogen-bond acceptors (Lipinski definition) is 4. The molecule has 1 saturated heterocycles. The second kappa shape index (κ2) is 5.71. The second-order valence-electron chi connectivity index (χ2n) is 5.50. The zero-order chi connectivity index (χ0) is 13.9. The lowest BCUT2D eigenvalue weighted by Gasteiger charge is -2.35. The summed E-state index contributed by atoms with van der Waals surface area (Å²) in [5, 5.41) is 4.34. The van der Waals surface area contributed by atoms with Gasteiger partial charge in [0.2, 0.25) is 0 Å². The SMILES string of the molecule is Cc1c(CN2CCCC[C@@H]2c2ccncn2)cnn1C. The zero-order valence-electron chi connectivity index (χ0n) is 12.2. The van der Waals surface area contributed by atoms with Gasteiger partial charge in [-0.05, 0) is 32.4 Å². The van der Waals surface area contributed by atoms with Crippen molar-refractivity contribution in [2.75, 3.05) is 6.54 Å². The van der Waals surface area contributed by atoms with Crippen LogP contribution in [0.5, 0.6) is 0 Å². The molecule has 0 spiro atoms. The van der Waals surface area contributed by atoms with E-state index in [-0.39, 0.29) is 0 Å². The first-order chi connectivity index (χ1) is 9.75. The van der Waals surface area contributed by atoms with E-state index in [9.17, 15) is 0 Å². The van der Waals surface area contributed by atoms with E-state index in [2.05, 4.69) is 26.9 Å². The Hall–Kier alpha value is -1.75. The van der Waals surface area contributed by atoms with Gasteiger partial charge in [0.25, 0.3) is 0 Å². The normalized spacial score (nSPS) is 20.2. The molecular weight excluding hydrogens is 250 g/mol. The highest BCUT2D eigenvalue weighted by Crippen LogP contribution is 2.31. The summed E-state index contributed by atoms with van der Waals surface area (Å²) in [5.41, 5.74) is 3.70. The fourth-order valence-electron chi connectivity index (χ4n) is 2.93. The molecule has 5 nitrogen and oxygen atoms in total. The predicted molar refractivity (Wildman–Crippen MR) is 77.0 cm³/mol.